The van der Waals surface area contributed by atoms with Crippen molar-refractivity contribution in [2.24, 2.45) is 17.8 Å². The molecule has 0 aliphatic rings. The molecule has 0 saturated heterocycles. The largest absolute Gasteiger partial charge is 0.494 e. The highest BCUT2D eigenvalue weighted by atomic mass is 32.3. The summed E-state index contributed by atoms with van der Waals surface area (Å²) < 4.78 is 29.8. The zero-order chi connectivity index (χ0) is 55.3. The number of ether oxygens (including phenoxy) is 4. The third-order valence-electron chi connectivity index (χ3n) is 14.6. The molecule has 4 aromatic heterocycles. The first kappa shape index (κ1) is 58.9. The summed E-state index contributed by atoms with van der Waals surface area (Å²) in [6.45, 7) is 17.8. The van der Waals surface area contributed by atoms with E-state index in [2.05, 4.69) is 110 Å². The molecular weight excluding hydrogens is 1070 g/mol. The molecule has 0 fully saturated rings. The van der Waals surface area contributed by atoms with Crippen molar-refractivity contribution in [3.05, 3.63) is 155 Å². The molecular formula is C65H82O6S6. The van der Waals surface area contributed by atoms with E-state index in [9.17, 15) is 10.2 Å². The molecule has 4 heterocycles. The second kappa shape index (κ2) is 25.1. The molecule has 0 aliphatic carbocycles. The molecule has 6 nitrogen and oxygen atoms in total. The van der Waals surface area contributed by atoms with E-state index in [1.165, 1.54) is 8.42 Å². The van der Waals surface area contributed by atoms with Crippen molar-refractivity contribution in [3.63, 3.8) is 0 Å². The van der Waals surface area contributed by atoms with E-state index in [1.807, 2.05) is 120 Å². The van der Waals surface area contributed by atoms with E-state index in [4.69, 9.17) is 18.9 Å². The predicted octanol–water partition coefficient (Wildman–Crippen LogP) is 18.5. The van der Waals surface area contributed by atoms with Gasteiger partial charge in [0.25, 0.3) is 0 Å². The Labute approximate surface area is 479 Å². The van der Waals surface area contributed by atoms with E-state index < -0.39 is 31.3 Å². The molecule has 0 amide bonds. The Balaban J connectivity index is 1.47. The zero-order valence-electron chi connectivity index (χ0n) is 47.6. The van der Waals surface area contributed by atoms with Crippen LogP contribution in [0.15, 0.2) is 130 Å². The molecule has 2 unspecified atom stereocenters. The second-order valence-electron chi connectivity index (χ2n) is 22.4. The van der Waals surface area contributed by atoms with E-state index in [1.54, 1.807) is 22.7 Å². The number of benzene rings is 4. The Kier molecular flexibility index (Phi) is 19.2. The minimum absolute atomic E-state index is 0.406. The molecule has 0 radical (unpaired) electrons. The molecule has 77 heavy (non-hydrogen) atoms. The fraction of sp³-hybridized carbons (Fsp3) is 0.415. The van der Waals surface area contributed by atoms with Crippen LogP contribution in [0.4, 0.5) is 0 Å². The Hall–Kier alpha value is -4.24. The average molecular weight is 1150 g/mol. The third-order valence-corrected chi connectivity index (χ3v) is 25.5. The number of hydrogen-bond acceptors (Lipinski definition) is 10. The summed E-state index contributed by atoms with van der Waals surface area (Å²) in [5.74, 6) is 4.26. The van der Waals surface area contributed by atoms with Gasteiger partial charge in [0.1, 0.15) is 34.2 Å². The molecule has 0 spiro atoms. The Morgan fingerprint density at radius 1 is 0.416 bits per heavy atom. The van der Waals surface area contributed by atoms with Crippen LogP contribution >= 0.6 is 65.4 Å². The van der Waals surface area contributed by atoms with Crippen molar-refractivity contribution in [2.75, 3.05) is 64.0 Å². The van der Waals surface area contributed by atoms with E-state index in [-0.39, 0.29) is 0 Å². The van der Waals surface area contributed by atoms with Crippen LogP contribution in [0.5, 0.6) is 23.0 Å². The standard InChI is InChI=1S/C65H82O6S6/c1-14-18-39-68-50-27-19-46(20-28-50)64(66,47-21-29-51(30-22-47)69-40-43(5)15-2)58-60(54-35-37-56(72-54)76(8,9)10)74-63-59(61(75-62(58)63)55-36-38-57(73-55)77(11,12)13)65(67,48-23-31-52(32-24-48)70-41-44(6)16-3)49-25-33-53(34-26-49)71-42-45(7)17-4/h19-38,43-45,66-67H,14-18,39-42H2,1-13H3/t43-,44-,45+,64?,65?/m1/s1. The Morgan fingerprint density at radius 2 is 0.714 bits per heavy atom. The van der Waals surface area contributed by atoms with Gasteiger partial charge < -0.3 is 29.2 Å². The molecule has 0 bridgehead atoms. The zero-order valence-corrected chi connectivity index (χ0v) is 52.5. The van der Waals surface area contributed by atoms with E-state index in [0.717, 1.165) is 106 Å². The van der Waals surface area contributed by atoms with Crippen molar-refractivity contribution < 1.29 is 29.2 Å². The normalized spacial score (nSPS) is 15.4. The summed E-state index contributed by atoms with van der Waals surface area (Å²) in [7, 11) is -2.20. The van der Waals surface area contributed by atoms with Gasteiger partial charge in [-0.25, -0.2) is 20.1 Å². The number of hydrogen-bond donors (Lipinski definition) is 2. The van der Waals surface area contributed by atoms with Gasteiger partial charge in [0.2, 0.25) is 0 Å². The molecule has 8 aromatic rings. The van der Waals surface area contributed by atoms with Gasteiger partial charge in [0.15, 0.2) is 0 Å². The Bertz CT molecular complexity index is 3090. The molecule has 4 aromatic carbocycles. The molecule has 414 valence electrons. The molecule has 2 N–H and O–H groups in total. The van der Waals surface area contributed by atoms with Crippen LogP contribution < -0.4 is 18.9 Å². The highest BCUT2D eigenvalue weighted by Crippen LogP contribution is 2.62. The van der Waals surface area contributed by atoms with Crippen LogP contribution in [0.3, 0.4) is 0 Å². The summed E-state index contributed by atoms with van der Waals surface area (Å²) in [5, 5.41) is 29.1. The number of thiophene rings is 4. The Morgan fingerprint density at radius 3 is 0.974 bits per heavy atom. The van der Waals surface area contributed by atoms with Crippen molar-refractivity contribution >= 4 is 74.8 Å². The van der Waals surface area contributed by atoms with Crippen molar-refractivity contribution in [1.82, 2.24) is 0 Å². The van der Waals surface area contributed by atoms with Crippen LogP contribution in [-0.2, 0) is 11.2 Å². The lowest BCUT2D eigenvalue weighted by molar-refractivity contribution is 0.127. The van der Waals surface area contributed by atoms with Crippen LogP contribution in [0, 0.1) is 17.8 Å². The average Bonchev–Trinajstić information content (AvgIpc) is 4.46. The minimum atomic E-state index is -1.68. The highest BCUT2D eigenvalue weighted by molar-refractivity contribution is 8.33. The number of unbranched alkanes of at least 4 members (excludes halogenated alkanes) is 1. The van der Waals surface area contributed by atoms with Gasteiger partial charge >= 0.3 is 0 Å². The van der Waals surface area contributed by atoms with Crippen LogP contribution in [-0.4, -0.2) is 74.2 Å². The quantitative estimate of drug-likeness (QED) is 0.0526. The molecule has 5 atom stereocenters. The summed E-state index contributed by atoms with van der Waals surface area (Å²) in [6.07, 6.45) is 19.1. The van der Waals surface area contributed by atoms with Crippen LogP contribution in [0.1, 0.15) is 114 Å². The summed E-state index contributed by atoms with van der Waals surface area (Å²) in [5.41, 5.74) is 1.09. The lowest BCUT2D eigenvalue weighted by Gasteiger charge is -2.31. The van der Waals surface area contributed by atoms with Crippen molar-refractivity contribution in [3.8, 4) is 42.5 Å². The minimum Gasteiger partial charge on any atom is -0.494 e. The number of fused-ring (bicyclic) bond motifs is 1. The van der Waals surface area contributed by atoms with E-state index >= 15 is 0 Å². The first-order chi connectivity index (χ1) is 36.7. The number of rotatable bonds is 26. The van der Waals surface area contributed by atoms with Gasteiger partial charge in [-0.1, -0.05) is 123 Å². The summed E-state index contributed by atoms with van der Waals surface area (Å²) >= 11 is 6.97. The molecule has 0 aliphatic heterocycles. The van der Waals surface area contributed by atoms with Crippen LogP contribution in [0.25, 0.3) is 28.9 Å². The maximum atomic E-state index is 14.5. The molecule has 12 heteroatoms. The monoisotopic (exact) mass is 1150 g/mol. The van der Waals surface area contributed by atoms with Crippen molar-refractivity contribution in [2.45, 2.75) is 100 Å². The fourth-order valence-corrected chi connectivity index (χ4v) is 17.2. The van der Waals surface area contributed by atoms with Gasteiger partial charge in [0, 0.05) is 29.3 Å². The summed E-state index contributed by atoms with van der Waals surface area (Å²) in [6, 6.07) is 41.3. The molecule has 8 rings (SSSR count). The maximum Gasteiger partial charge on any atom is 0.143 e. The molecule has 0 saturated carbocycles. The summed E-state index contributed by atoms with van der Waals surface area (Å²) in [4.78, 5) is 4.09. The SMILES string of the molecule is CCCCOc1ccc(C(O)(c2ccc(OC[C@H](C)CC)cc2)c2c(-c3ccc(S(C)(C)C)s3)sc3c(C(O)(c4ccc(OC[C@H](C)CC)cc4)c4ccc(OC[C@@H](C)CC)cc4)c(-c4ccc(S(C)(C)C)s4)sc23)cc1. The lowest BCUT2D eigenvalue weighted by atomic mass is 9.78. The highest BCUT2D eigenvalue weighted by Gasteiger charge is 2.46. The smallest absolute Gasteiger partial charge is 0.143 e. The van der Waals surface area contributed by atoms with Gasteiger partial charge in [0.05, 0.1) is 45.6 Å². The van der Waals surface area contributed by atoms with Gasteiger partial charge in [-0.05, 0) is 157 Å². The van der Waals surface area contributed by atoms with Crippen LogP contribution in [0.2, 0.25) is 0 Å². The van der Waals surface area contributed by atoms with Crippen molar-refractivity contribution in [1.29, 1.82) is 0 Å². The van der Waals surface area contributed by atoms with Gasteiger partial charge in [-0.2, -0.15) is 0 Å². The second-order valence-corrected chi connectivity index (χ2v) is 35.3. The van der Waals surface area contributed by atoms with E-state index in [0.29, 0.717) is 55.3 Å². The third kappa shape index (κ3) is 13.0. The van der Waals surface area contributed by atoms with Gasteiger partial charge in [-0.15, -0.1) is 45.3 Å². The lowest BCUT2D eigenvalue weighted by Crippen LogP contribution is -2.29. The van der Waals surface area contributed by atoms with Gasteiger partial charge in [-0.3, -0.25) is 0 Å². The topological polar surface area (TPSA) is 77.4 Å². The first-order valence-corrected chi connectivity index (χ1v) is 36.3. The predicted molar refractivity (Wildman–Crippen MR) is 339 cm³/mol. The first-order valence-electron chi connectivity index (χ1n) is 27.3. The maximum absolute atomic E-state index is 14.5. The number of aliphatic hydroxyl groups is 2. The fourth-order valence-electron chi connectivity index (χ4n) is 8.96.